The molecule has 0 radical (unpaired) electrons. The number of carbonyl (C=O) groups is 1. The molecule has 1 saturated heterocycles. The van der Waals surface area contributed by atoms with Crippen molar-refractivity contribution in [3.8, 4) is 5.75 Å². The summed E-state index contributed by atoms with van der Waals surface area (Å²) in [5, 5.41) is 3.18. The maximum absolute atomic E-state index is 12.2. The molecule has 0 spiro atoms. The number of nitrogens with zero attached hydrogens (tertiary/aromatic N) is 3. The molecule has 0 saturated carbocycles. The number of para-hydroxylation sites is 1. The minimum atomic E-state index is 0.0214. The van der Waals surface area contributed by atoms with E-state index in [0.29, 0.717) is 18.1 Å². The molecular weight excluding hydrogens is 304 g/mol. The van der Waals surface area contributed by atoms with Crippen LogP contribution in [0.4, 0.5) is 5.95 Å². The summed E-state index contributed by atoms with van der Waals surface area (Å²) in [4.78, 5) is 22.6. The molecule has 0 atom stereocenters. The Hall–Kier alpha value is -2.63. The number of carbonyl (C=O) groups excluding carboxylic acids is 1. The van der Waals surface area contributed by atoms with Gasteiger partial charge in [-0.2, -0.15) is 0 Å². The molecular formula is C18H22N4O2. The molecule has 1 aliphatic rings. The largest absolute Gasteiger partial charge is 0.496 e. The Morgan fingerprint density at radius 2 is 1.92 bits per heavy atom. The lowest BCUT2D eigenvalue weighted by Gasteiger charge is -2.14. The lowest BCUT2D eigenvalue weighted by atomic mass is 10.1. The first kappa shape index (κ1) is 16.2. The molecule has 1 fully saturated rings. The van der Waals surface area contributed by atoms with Crippen LogP contribution in [0.5, 0.6) is 5.75 Å². The number of rotatable bonds is 6. The van der Waals surface area contributed by atoms with E-state index in [9.17, 15) is 4.79 Å². The van der Waals surface area contributed by atoms with Crippen LogP contribution in [0, 0.1) is 0 Å². The first-order valence-corrected chi connectivity index (χ1v) is 8.25. The molecule has 6 heteroatoms. The summed E-state index contributed by atoms with van der Waals surface area (Å²) in [5.41, 5.74) is 1.68. The number of likely N-dealkylation sites (tertiary alicyclic amines) is 1. The molecule has 1 aliphatic heterocycles. The molecule has 24 heavy (non-hydrogen) atoms. The fourth-order valence-electron chi connectivity index (χ4n) is 2.85. The van der Waals surface area contributed by atoms with Crippen LogP contribution < -0.4 is 10.1 Å². The second-order valence-corrected chi connectivity index (χ2v) is 5.78. The Kier molecular flexibility index (Phi) is 5.25. The van der Waals surface area contributed by atoms with Crippen LogP contribution in [0.3, 0.4) is 0 Å². The Morgan fingerprint density at radius 3 is 2.62 bits per heavy atom. The molecule has 6 nitrogen and oxygen atoms in total. The normalized spacial score (nSPS) is 13.8. The molecule has 3 rings (SSSR count). The van der Waals surface area contributed by atoms with Gasteiger partial charge in [-0.3, -0.25) is 4.79 Å². The van der Waals surface area contributed by atoms with Crippen LogP contribution in [0.15, 0.2) is 36.7 Å². The highest BCUT2D eigenvalue weighted by Crippen LogP contribution is 2.17. The molecule has 2 aromatic rings. The second kappa shape index (κ2) is 7.77. The van der Waals surface area contributed by atoms with Crippen LogP contribution in [-0.4, -0.2) is 47.5 Å². The van der Waals surface area contributed by atoms with Crippen molar-refractivity contribution >= 4 is 11.9 Å². The van der Waals surface area contributed by atoms with Gasteiger partial charge in [-0.25, -0.2) is 9.97 Å². The molecule has 1 N–H and O–H groups in total. The van der Waals surface area contributed by atoms with E-state index in [0.717, 1.165) is 43.7 Å². The summed E-state index contributed by atoms with van der Waals surface area (Å²) in [7, 11) is 1.67. The van der Waals surface area contributed by atoms with E-state index in [4.69, 9.17) is 4.74 Å². The molecule has 0 aliphatic carbocycles. The van der Waals surface area contributed by atoms with Gasteiger partial charge in [0.2, 0.25) is 5.95 Å². The highest BCUT2D eigenvalue weighted by atomic mass is 16.5. The van der Waals surface area contributed by atoms with Crippen molar-refractivity contribution < 1.29 is 9.53 Å². The Bertz CT molecular complexity index is 682. The van der Waals surface area contributed by atoms with Gasteiger partial charge in [0.25, 0.3) is 5.91 Å². The number of hydrogen-bond acceptors (Lipinski definition) is 5. The number of ether oxygens (including phenoxy) is 1. The number of benzene rings is 1. The lowest BCUT2D eigenvalue weighted by Crippen LogP contribution is -2.27. The molecule has 0 unspecified atom stereocenters. The van der Waals surface area contributed by atoms with Gasteiger partial charge < -0.3 is 15.0 Å². The van der Waals surface area contributed by atoms with E-state index in [1.54, 1.807) is 19.5 Å². The van der Waals surface area contributed by atoms with Crippen molar-refractivity contribution in [2.45, 2.75) is 19.3 Å². The Labute approximate surface area is 141 Å². The van der Waals surface area contributed by atoms with Crippen LogP contribution in [0.1, 0.15) is 28.8 Å². The summed E-state index contributed by atoms with van der Waals surface area (Å²) >= 11 is 0. The van der Waals surface area contributed by atoms with Gasteiger partial charge in [-0.05, 0) is 30.9 Å². The predicted octanol–water partition coefficient (Wildman–Crippen LogP) is 2.38. The van der Waals surface area contributed by atoms with Gasteiger partial charge >= 0.3 is 0 Å². The second-order valence-electron chi connectivity index (χ2n) is 5.78. The number of nitrogens with one attached hydrogen (secondary N) is 1. The molecule has 1 aromatic carbocycles. The SMILES string of the molecule is COc1ccccc1CCNc1ncc(C(=O)N2CCCC2)cn1. The van der Waals surface area contributed by atoms with Crippen LogP contribution in [0.25, 0.3) is 0 Å². The predicted molar refractivity (Wildman–Crippen MR) is 92.4 cm³/mol. The van der Waals surface area contributed by atoms with Crippen molar-refractivity contribution in [2.24, 2.45) is 0 Å². The van der Waals surface area contributed by atoms with Gasteiger partial charge in [0, 0.05) is 32.0 Å². The Balaban J connectivity index is 1.53. The van der Waals surface area contributed by atoms with Gasteiger partial charge in [-0.1, -0.05) is 18.2 Å². The minimum Gasteiger partial charge on any atom is -0.496 e. The number of anilines is 1. The number of aromatic nitrogens is 2. The van der Waals surface area contributed by atoms with E-state index in [2.05, 4.69) is 15.3 Å². The zero-order valence-corrected chi connectivity index (χ0v) is 13.9. The third kappa shape index (κ3) is 3.82. The fraction of sp³-hybridized carbons (Fsp3) is 0.389. The summed E-state index contributed by atoms with van der Waals surface area (Å²) in [5.74, 6) is 1.43. The average molecular weight is 326 g/mol. The van der Waals surface area contributed by atoms with Crippen molar-refractivity contribution in [2.75, 3.05) is 32.1 Å². The third-order valence-corrected chi connectivity index (χ3v) is 4.16. The van der Waals surface area contributed by atoms with Gasteiger partial charge in [0.15, 0.2) is 0 Å². The molecule has 1 amide bonds. The zero-order chi connectivity index (χ0) is 16.8. The van der Waals surface area contributed by atoms with E-state index in [-0.39, 0.29) is 5.91 Å². The molecule has 126 valence electrons. The first-order valence-electron chi connectivity index (χ1n) is 8.25. The topological polar surface area (TPSA) is 67.3 Å². The standard InChI is InChI=1S/C18H22N4O2/c1-24-16-7-3-2-6-14(16)8-9-19-18-20-12-15(13-21-18)17(23)22-10-4-5-11-22/h2-3,6-7,12-13H,4-5,8-11H2,1H3,(H,19,20,21). The summed E-state index contributed by atoms with van der Waals surface area (Å²) in [6.45, 7) is 2.36. The average Bonchev–Trinajstić information content (AvgIpc) is 3.17. The van der Waals surface area contributed by atoms with Crippen LogP contribution in [-0.2, 0) is 6.42 Å². The van der Waals surface area contributed by atoms with E-state index >= 15 is 0 Å². The van der Waals surface area contributed by atoms with Gasteiger partial charge in [-0.15, -0.1) is 0 Å². The van der Waals surface area contributed by atoms with Gasteiger partial charge in [0.05, 0.1) is 12.7 Å². The lowest BCUT2D eigenvalue weighted by molar-refractivity contribution is 0.0792. The van der Waals surface area contributed by atoms with E-state index in [1.165, 1.54) is 0 Å². The summed E-state index contributed by atoms with van der Waals surface area (Å²) < 4.78 is 5.34. The number of methoxy groups -OCH3 is 1. The highest BCUT2D eigenvalue weighted by molar-refractivity contribution is 5.93. The summed E-state index contributed by atoms with van der Waals surface area (Å²) in [6.07, 6.45) is 6.16. The van der Waals surface area contributed by atoms with Crippen LogP contribution >= 0.6 is 0 Å². The van der Waals surface area contributed by atoms with Crippen LogP contribution in [0.2, 0.25) is 0 Å². The van der Waals surface area contributed by atoms with E-state index in [1.807, 2.05) is 29.2 Å². The van der Waals surface area contributed by atoms with Crippen molar-refractivity contribution in [3.63, 3.8) is 0 Å². The summed E-state index contributed by atoms with van der Waals surface area (Å²) in [6, 6.07) is 7.94. The fourth-order valence-corrected chi connectivity index (χ4v) is 2.85. The number of hydrogen-bond donors (Lipinski definition) is 1. The maximum Gasteiger partial charge on any atom is 0.256 e. The van der Waals surface area contributed by atoms with Crippen molar-refractivity contribution in [1.29, 1.82) is 0 Å². The minimum absolute atomic E-state index is 0.0214. The third-order valence-electron chi connectivity index (χ3n) is 4.16. The van der Waals surface area contributed by atoms with Gasteiger partial charge in [0.1, 0.15) is 5.75 Å². The zero-order valence-electron chi connectivity index (χ0n) is 13.9. The number of amides is 1. The molecule has 1 aromatic heterocycles. The smallest absolute Gasteiger partial charge is 0.256 e. The van der Waals surface area contributed by atoms with Crippen molar-refractivity contribution in [1.82, 2.24) is 14.9 Å². The van der Waals surface area contributed by atoms with E-state index < -0.39 is 0 Å². The quantitative estimate of drug-likeness (QED) is 0.883. The monoisotopic (exact) mass is 326 g/mol. The molecule has 2 heterocycles. The maximum atomic E-state index is 12.2. The van der Waals surface area contributed by atoms with Crippen molar-refractivity contribution in [3.05, 3.63) is 47.8 Å². The Morgan fingerprint density at radius 1 is 1.21 bits per heavy atom. The first-order chi connectivity index (χ1) is 11.8. The highest BCUT2D eigenvalue weighted by Gasteiger charge is 2.19. The molecule has 0 bridgehead atoms.